The van der Waals surface area contributed by atoms with Crippen LogP contribution in [0.3, 0.4) is 0 Å². The van der Waals surface area contributed by atoms with Gasteiger partial charge in [-0.2, -0.15) is 15.4 Å². The van der Waals surface area contributed by atoms with E-state index in [-0.39, 0.29) is 0 Å². The van der Waals surface area contributed by atoms with E-state index in [0.717, 1.165) is 17.2 Å². The molecule has 1 heterocycles. The standard InChI is InChI=1S/C9H7N3O2/c13-8(14)5-4-6-2-1-3-7-9(6)11-12-10-7/h1-5H,(H,13,14)(H,10,11,12)/b5-4+. The summed E-state index contributed by atoms with van der Waals surface area (Å²) in [4.78, 5) is 10.3. The maximum Gasteiger partial charge on any atom is 0.328 e. The van der Waals surface area contributed by atoms with Crippen molar-refractivity contribution in [3.63, 3.8) is 0 Å². The molecule has 0 unspecified atom stereocenters. The first-order chi connectivity index (χ1) is 6.77. The van der Waals surface area contributed by atoms with Crippen molar-refractivity contribution in [3.05, 3.63) is 29.8 Å². The molecule has 0 spiro atoms. The van der Waals surface area contributed by atoms with Crippen LogP contribution in [0, 0.1) is 0 Å². The van der Waals surface area contributed by atoms with Gasteiger partial charge in [0.2, 0.25) is 0 Å². The highest BCUT2D eigenvalue weighted by atomic mass is 16.4. The Morgan fingerprint density at radius 2 is 2.29 bits per heavy atom. The normalized spacial score (nSPS) is 11.1. The lowest BCUT2D eigenvalue weighted by atomic mass is 10.2. The van der Waals surface area contributed by atoms with E-state index >= 15 is 0 Å². The monoisotopic (exact) mass is 189 g/mol. The van der Waals surface area contributed by atoms with Crippen molar-refractivity contribution < 1.29 is 9.90 Å². The third kappa shape index (κ3) is 1.47. The summed E-state index contributed by atoms with van der Waals surface area (Å²) in [6, 6.07) is 5.38. The van der Waals surface area contributed by atoms with Crippen molar-refractivity contribution in [2.45, 2.75) is 0 Å². The smallest absolute Gasteiger partial charge is 0.328 e. The van der Waals surface area contributed by atoms with Crippen LogP contribution >= 0.6 is 0 Å². The van der Waals surface area contributed by atoms with Crippen molar-refractivity contribution in [1.82, 2.24) is 15.4 Å². The first-order valence-corrected chi connectivity index (χ1v) is 3.98. The number of rotatable bonds is 2. The van der Waals surface area contributed by atoms with Crippen LogP contribution < -0.4 is 0 Å². The zero-order chi connectivity index (χ0) is 9.97. The Morgan fingerprint density at radius 3 is 3.07 bits per heavy atom. The maximum atomic E-state index is 10.3. The number of aliphatic carboxylic acids is 1. The molecule has 0 amide bonds. The van der Waals surface area contributed by atoms with E-state index in [0.29, 0.717) is 5.52 Å². The number of aromatic amines is 1. The second-order valence-electron chi connectivity index (χ2n) is 2.71. The third-order valence-corrected chi connectivity index (χ3v) is 1.78. The highest BCUT2D eigenvalue weighted by Crippen LogP contribution is 2.14. The fourth-order valence-electron chi connectivity index (χ4n) is 1.19. The summed E-state index contributed by atoms with van der Waals surface area (Å²) in [6.07, 6.45) is 2.57. The molecule has 1 aromatic heterocycles. The molecule has 2 rings (SSSR count). The molecule has 0 aliphatic rings. The van der Waals surface area contributed by atoms with E-state index in [2.05, 4.69) is 15.4 Å². The van der Waals surface area contributed by atoms with Gasteiger partial charge in [0.1, 0.15) is 11.0 Å². The molecule has 14 heavy (non-hydrogen) atoms. The SMILES string of the molecule is O=C(O)/C=C/c1cccc2n[nH]nc12. The fourth-order valence-corrected chi connectivity index (χ4v) is 1.19. The summed E-state index contributed by atoms with van der Waals surface area (Å²) in [5, 5.41) is 18.8. The molecule has 0 radical (unpaired) electrons. The molecule has 0 saturated heterocycles. The highest BCUT2D eigenvalue weighted by molar-refractivity contribution is 5.90. The summed E-state index contributed by atoms with van der Waals surface area (Å²) < 4.78 is 0. The number of aromatic nitrogens is 3. The van der Waals surface area contributed by atoms with Crippen LogP contribution in [0.5, 0.6) is 0 Å². The number of nitrogens with one attached hydrogen (secondary N) is 1. The Kier molecular flexibility index (Phi) is 1.98. The molecule has 0 fully saturated rings. The van der Waals surface area contributed by atoms with Gasteiger partial charge in [0, 0.05) is 11.6 Å². The van der Waals surface area contributed by atoms with Crippen molar-refractivity contribution in [2.24, 2.45) is 0 Å². The molecule has 5 nitrogen and oxygen atoms in total. The highest BCUT2D eigenvalue weighted by Gasteiger charge is 2.01. The number of nitrogens with zero attached hydrogens (tertiary/aromatic N) is 2. The van der Waals surface area contributed by atoms with E-state index in [1.807, 2.05) is 0 Å². The minimum absolute atomic E-state index is 0.671. The predicted molar refractivity (Wildman–Crippen MR) is 50.6 cm³/mol. The average molecular weight is 189 g/mol. The van der Waals surface area contributed by atoms with Crippen LogP contribution in [-0.4, -0.2) is 26.5 Å². The lowest BCUT2D eigenvalue weighted by Gasteiger charge is -1.91. The lowest BCUT2D eigenvalue weighted by Crippen LogP contribution is -1.86. The van der Waals surface area contributed by atoms with E-state index in [1.165, 1.54) is 6.08 Å². The number of carbonyl (C=O) groups is 1. The minimum atomic E-state index is -0.981. The number of carboxylic acid groups (broad SMARTS) is 1. The van der Waals surface area contributed by atoms with Crippen LogP contribution in [0.1, 0.15) is 5.56 Å². The van der Waals surface area contributed by atoms with Gasteiger partial charge in [0.25, 0.3) is 0 Å². The molecular weight excluding hydrogens is 182 g/mol. The number of carboxylic acids is 1. The van der Waals surface area contributed by atoms with Gasteiger partial charge in [-0.3, -0.25) is 0 Å². The zero-order valence-corrected chi connectivity index (χ0v) is 7.14. The Hall–Kier alpha value is -2.17. The zero-order valence-electron chi connectivity index (χ0n) is 7.14. The Labute approximate surface area is 79.1 Å². The maximum absolute atomic E-state index is 10.3. The number of benzene rings is 1. The molecule has 0 bridgehead atoms. The molecular formula is C9H7N3O2. The van der Waals surface area contributed by atoms with Crippen molar-refractivity contribution in [2.75, 3.05) is 0 Å². The molecule has 0 saturated carbocycles. The molecule has 2 N–H and O–H groups in total. The van der Waals surface area contributed by atoms with Gasteiger partial charge in [-0.1, -0.05) is 12.1 Å². The Morgan fingerprint density at radius 1 is 1.43 bits per heavy atom. The molecule has 70 valence electrons. The minimum Gasteiger partial charge on any atom is -0.478 e. The summed E-state index contributed by atoms with van der Waals surface area (Å²) in [6.45, 7) is 0. The van der Waals surface area contributed by atoms with Gasteiger partial charge in [-0.25, -0.2) is 4.79 Å². The first-order valence-electron chi connectivity index (χ1n) is 3.98. The van der Waals surface area contributed by atoms with Crippen LogP contribution in [0.25, 0.3) is 17.1 Å². The van der Waals surface area contributed by atoms with Gasteiger partial charge in [-0.05, 0) is 12.1 Å². The lowest BCUT2D eigenvalue weighted by molar-refractivity contribution is -0.131. The first kappa shape index (κ1) is 8.43. The number of para-hydroxylation sites is 1. The second-order valence-corrected chi connectivity index (χ2v) is 2.71. The summed E-state index contributed by atoms with van der Waals surface area (Å²) >= 11 is 0. The van der Waals surface area contributed by atoms with Gasteiger partial charge in [0.15, 0.2) is 0 Å². The summed E-state index contributed by atoms with van der Waals surface area (Å²) in [7, 11) is 0. The van der Waals surface area contributed by atoms with Crippen LogP contribution in [-0.2, 0) is 4.79 Å². The Bertz CT molecular complexity index is 501. The van der Waals surface area contributed by atoms with E-state index in [1.54, 1.807) is 18.2 Å². The predicted octanol–water partition coefficient (Wildman–Crippen LogP) is 1.06. The number of H-pyrrole nitrogens is 1. The molecule has 0 aliphatic carbocycles. The molecule has 0 aliphatic heterocycles. The number of hydrogen-bond donors (Lipinski definition) is 2. The number of fused-ring (bicyclic) bond motifs is 1. The average Bonchev–Trinajstić information content (AvgIpc) is 2.62. The summed E-state index contributed by atoms with van der Waals surface area (Å²) in [5.74, 6) is -0.981. The second kappa shape index (κ2) is 3.29. The van der Waals surface area contributed by atoms with Crippen LogP contribution in [0.4, 0.5) is 0 Å². The Balaban J connectivity index is 2.51. The molecule has 5 heteroatoms. The van der Waals surface area contributed by atoms with Gasteiger partial charge >= 0.3 is 5.97 Å². The van der Waals surface area contributed by atoms with Gasteiger partial charge < -0.3 is 5.11 Å². The largest absolute Gasteiger partial charge is 0.478 e. The quantitative estimate of drug-likeness (QED) is 0.692. The van der Waals surface area contributed by atoms with Gasteiger partial charge in [-0.15, -0.1) is 0 Å². The van der Waals surface area contributed by atoms with Crippen molar-refractivity contribution in [3.8, 4) is 0 Å². The fraction of sp³-hybridized carbons (Fsp3) is 0. The third-order valence-electron chi connectivity index (χ3n) is 1.78. The topological polar surface area (TPSA) is 78.9 Å². The van der Waals surface area contributed by atoms with E-state index < -0.39 is 5.97 Å². The van der Waals surface area contributed by atoms with Crippen LogP contribution in [0.15, 0.2) is 24.3 Å². The van der Waals surface area contributed by atoms with E-state index in [4.69, 9.17) is 5.11 Å². The number of hydrogen-bond acceptors (Lipinski definition) is 3. The molecule has 0 atom stereocenters. The van der Waals surface area contributed by atoms with Crippen molar-refractivity contribution in [1.29, 1.82) is 0 Å². The van der Waals surface area contributed by atoms with Crippen LogP contribution in [0.2, 0.25) is 0 Å². The molecule has 1 aromatic carbocycles. The van der Waals surface area contributed by atoms with Crippen molar-refractivity contribution >= 4 is 23.1 Å². The summed E-state index contributed by atoms with van der Waals surface area (Å²) in [5.41, 5.74) is 2.13. The van der Waals surface area contributed by atoms with Gasteiger partial charge in [0.05, 0.1) is 0 Å². The van der Waals surface area contributed by atoms with E-state index in [9.17, 15) is 4.79 Å². The molecule has 2 aromatic rings.